The number of hydrogen-bond donors (Lipinski definition) is 2. The van der Waals surface area contributed by atoms with E-state index in [9.17, 15) is 9.59 Å². The number of hydrogen-bond acceptors (Lipinski definition) is 2. The predicted molar refractivity (Wildman–Crippen MR) is 84.5 cm³/mol. The minimum absolute atomic E-state index is 0.116. The number of benzene rings is 1. The van der Waals surface area contributed by atoms with Crippen molar-refractivity contribution in [1.82, 2.24) is 4.57 Å². The zero-order chi connectivity index (χ0) is 15.7. The van der Waals surface area contributed by atoms with Crippen molar-refractivity contribution in [2.75, 3.05) is 5.32 Å². The van der Waals surface area contributed by atoms with Crippen molar-refractivity contribution < 1.29 is 14.7 Å². The van der Waals surface area contributed by atoms with Gasteiger partial charge in [0.25, 0.3) is 5.91 Å². The van der Waals surface area contributed by atoms with E-state index in [4.69, 9.17) is 28.3 Å². The lowest BCUT2D eigenvalue weighted by molar-refractivity contribution is 0.0696. The van der Waals surface area contributed by atoms with Gasteiger partial charge in [-0.25, -0.2) is 4.79 Å². The standard InChI is InChI=1S/C13H9BrCl2N2O3/c1-18-10(5-8(15)11(18)16)12(19)17-9-3-2-6(13(20)21)4-7(9)14/h2-5H,1H3,(H,17,19)(H,20,21). The molecule has 8 heteroatoms. The molecule has 0 unspecified atom stereocenters. The van der Waals surface area contributed by atoms with Crippen LogP contribution in [0.3, 0.4) is 0 Å². The van der Waals surface area contributed by atoms with Crippen LogP contribution in [0.1, 0.15) is 20.8 Å². The Balaban J connectivity index is 2.27. The average Bonchev–Trinajstić information content (AvgIpc) is 2.68. The highest BCUT2D eigenvalue weighted by Crippen LogP contribution is 2.27. The minimum Gasteiger partial charge on any atom is -0.478 e. The molecule has 0 aliphatic carbocycles. The van der Waals surface area contributed by atoms with Gasteiger partial charge in [0.2, 0.25) is 0 Å². The Bertz CT molecular complexity index is 743. The smallest absolute Gasteiger partial charge is 0.335 e. The Labute approximate surface area is 138 Å². The lowest BCUT2D eigenvalue weighted by atomic mass is 10.2. The van der Waals surface area contributed by atoms with Crippen molar-refractivity contribution in [1.29, 1.82) is 0 Å². The van der Waals surface area contributed by atoms with E-state index in [1.165, 1.54) is 28.8 Å². The molecular weight excluding hydrogens is 383 g/mol. The van der Waals surface area contributed by atoms with Gasteiger partial charge in [0, 0.05) is 11.5 Å². The van der Waals surface area contributed by atoms with Crippen molar-refractivity contribution in [2.45, 2.75) is 0 Å². The number of nitrogens with zero attached hydrogens (tertiary/aromatic N) is 1. The van der Waals surface area contributed by atoms with Crippen LogP contribution in [-0.4, -0.2) is 21.6 Å². The molecule has 1 aromatic heterocycles. The van der Waals surface area contributed by atoms with Crippen LogP contribution in [0.4, 0.5) is 5.69 Å². The summed E-state index contributed by atoms with van der Waals surface area (Å²) in [5.41, 5.74) is 0.850. The Hall–Kier alpha value is -1.50. The molecule has 110 valence electrons. The number of anilines is 1. The summed E-state index contributed by atoms with van der Waals surface area (Å²) in [4.78, 5) is 23.0. The van der Waals surface area contributed by atoms with E-state index < -0.39 is 11.9 Å². The third-order valence-corrected chi connectivity index (χ3v) is 4.31. The minimum atomic E-state index is -1.05. The summed E-state index contributed by atoms with van der Waals surface area (Å²) >= 11 is 15.0. The SMILES string of the molecule is Cn1c(C(=O)Nc2ccc(C(=O)O)cc2Br)cc(Cl)c1Cl. The van der Waals surface area contributed by atoms with Gasteiger partial charge >= 0.3 is 5.97 Å². The Morgan fingerprint density at radius 3 is 2.43 bits per heavy atom. The molecule has 0 radical (unpaired) electrons. The fourth-order valence-electron chi connectivity index (χ4n) is 1.70. The number of aromatic carboxylic acids is 1. The lowest BCUT2D eigenvalue weighted by Gasteiger charge is -2.09. The summed E-state index contributed by atoms with van der Waals surface area (Å²) in [7, 11) is 1.62. The summed E-state index contributed by atoms with van der Waals surface area (Å²) in [5, 5.41) is 12.1. The van der Waals surface area contributed by atoms with Crippen LogP contribution >= 0.6 is 39.1 Å². The van der Waals surface area contributed by atoms with Gasteiger partial charge in [-0.05, 0) is 40.2 Å². The van der Waals surface area contributed by atoms with E-state index in [1.807, 2.05) is 0 Å². The number of carboxylic acid groups (broad SMARTS) is 1. The number of rotatable bonds is 3. The molecule has 2 N–H and O–H groups in total. The summed E-state index contributed by atoms with van der Waals surface area (Å²) in [6.07, 6.45) is 0. The molecule has 0 aliphatic rings. The molecule has 0 bridgehead atoms. The monoisotopic (exact) mass is 390 g/mol. The van der Waals surface area contributed by atoms with Gasteiger partial charge in [0.1, 0.15) is 10.8 Å². The zero-order valence-corrected chi connectivity index (χ0v) is 13.8. The fraction of sp³-hybridized carbons (Fsp3) is 0.0769. The van der Waals surface area contributed by atoms with Crippen molar-refractivity contribution in [3.63, 3.8) is 0 Å². The third kappa shape index (κ3) is 3.23. The highest BCUT2D eigenvalue weighted by atomic mass is 79.9. The Morgan fingerprint density at radius 1 is 1.29 bits per heavy atom. The molecule has 0 atom stereocenters. The number of carbonyl (C=O) groups excluding carboxylic acids is 1. The number of halogens is 3. The second-order valence-electron chi connectivity index (χ2n) is 4.18. The van der Waals surface area contributed by atoms with E-state index in [-0.39, 0.29) is 15.7 Å². The van der Waals surface area contributed by atoms with Gasteiger partial charge in [0.15, 0.2) is 0 Å². The lowest BCUT2D eigenvalue weighted by Crippen LogP contribution is -2.16. The predicted octanol–water partition coefficient (Wildman–Crippen LogP) is 4.04. The van der Waals surface area contributed by atoms with E-state index in [0.29, 0.717) is 15.9 Å². The molecule has 2 rings (SSSR count). The molecule has 1 aromatic carbocycles. The summed E-state index contributed by atoms with van der Waals surface area (Å²) < 4.78 is 1.92. The van der Waals surface area contributed by atoms with Gasteiger partial charge in [-0.2, -0.15) is 0 Å². The summed E-state index contributed by atoms with van der Waals surface area (Å²) in [6, 6.07) is 5.76. The number of carboxylic acids is 1. The second kappa shape index (κ2) is 6.09. The highest BCUT2D eigenvalue weighted by molar-refractivity contribution is 9.10. The zero-order valence-electron chi connectivity index (χ0n) is 10.7. The quantitative estimate of drug-likeness (QED) is 0.829. The average molecular weight is 392 g/mol. The van der Waals surface area contributed by atoms with Gasteiger partial charge in [-0.15, -0.1) is 0 Å². The number of aromatic nitrogens is 1. The van der Waals surface area contributed by atoms with Crippen LogP contribution in [0.2, 0.25) is 10.2 Å². The molecule has 0 spiro atoms. The first-order chi connectivity index (χ1) is 9.81. The fourth-order valence-corrected chi connectivity index (χ4v) is 2.55. The van der Waals surface area contributed by atoms with Gasteiger partial charge in [0.05, 0.1) is 16.3 Å². The molecule has 21 heavy (non-hydrogen) atoms. The van der Waals surface area contributed by atoms with E-state index >= 15 is 0 Å². The molecule has 2 aromatic rings. The highest BCUT2D eigenvalue weighted by Gasteiger charge is 2.17. The normalized spacial score (nSPS) is 10.5. The van der Waals surface area contributed by atoms with Crippen LogP contribution in [0.15, 0.2) is 28.7 Å². The molecule has 5 nitrogen and oxygen atoms in total. The van der Waals surface area contributed by atoms with Crippen molar-refractivity contribution in [3.8, 4) is 0 Å². The van der Waals surface area contributed by atoms with Crippen molar-refractivity contribution in [2.24, 2.45) is 7.05 Å². The van der Waals surface area contributed by atoms with E-state index in [0.717, 1.165) is 0 Å². The topological polar surface area (TPSA) is 71.3 Å². The Morgan fingerprint density at radius 2 is 1.95 bits per heavy atom. The van der Waals surface area contributed by atoms with Gasteiger partial charge < -0.3 is 15.0 Å². The first-order valence-electron chi connectivity index (χ1n) is 5.66. The van der Waals surface area contributed by atoms with Gasteiger partial charge in [-0.1, -0.05) is 23.2 Å². The molecule has 1 heterocycles. The molecular formula is C13H9BrCl2N2O3. The largest absolute Gasteiger partial charge is 0.478 e. The maximum Gasteiger partial charge on any atom is 0.335 e. The molecule has 0 fully saturated rings. The van der Waals surface area contributed by atoms with Crippen LogP contribution in [0.25, 0.3) is 0 Å². The van der Waals surface area contributed by atoms with Crippen molar-refractivity contribution in [3.05, 3.63) is 50.2 Å². The van der Waals surface area contributed by atoms with Gasteiger partial charge in [-0.3, -0.25) is 4.79 Å². The maximum atomic E-state index is 12.2. The first kappa shape index (κ1) is 15.9. The second-order valence-corrected chi connectivity index (χ2v) is 5.80. The van der Waals surface area contributed by atoms with Crippen LogP contribution in [0.5, 0.6) is 0 Å². The summed E-state index contributed by atoms with van der Waals surface area (Å²) in [5.74, 6) is -1.45. The van der Waals surface area contributed by atoms with Crippen LogP contribution < -0.4 is 5.32 Å². The maximum absolute atomic E-state index is 12.2. The number of nitrogens with one attached hydrogen (secondary N) is 1. The molecule has 1 amide bonds. The van der Waals surface area contributed by atoms with E-state index in [1.54, 1.807) is 7.05 Å². The van der Waals surface area contributed by atoms with Crippen molar-refractivity contribution >= 4 is 56.7 Å². The third-order valence-electron chi connectivity index (χ3n) is 2.81. The van der Waals surface area contributed by atoms with E-state index in [2.05, 4.69) is 21.2 Å². The van der Waals surface area contributed by atoms with Crippen LogP contribution in [0, 0.1) is 0 Å². The Kier molecular flexibility index (Phi) is 4.61. The molecule has 0 saturated heterocycles. The molecule has 0 aliphatic heterocycles. The van der Waals surface area contributed by atoms with Crippen LogP contribution in [-0.2, 0) is 7.05 Å². The summed E-state index contributed by atoms with van der Waals surface area (Å²) in [6.45, 7) is 0. The number of carbonyl (C=O) groups is 2. The molecule has 0 saturated carbocycles. The first-order valence-corrected chi connectivity index (χ1v) is 7.21. The number of amides is 1.